The fourth-order valence-corrected chi connectivity index (χ4v) is 2.34. The molecule has 0 aromatic heterocycles. The highest BCUT2D eigenvalue weighted by molar-refractivity contribution is 5.49. The number of nitrogens with one attached hydrogen (secondary N) is 1. The van der Waals surface area contributed by atoms with E-state index in [1.165, 1.54) is 12.1 Å². The third-order valence-electron chi connectivity index (χ3n) is 3.59. The molecule has 21 heavy (non-hydrogen) atoms. The second kappa shape index (κ2) is 7.13. The van der Waals surface area contributed by atoms with Gasteiger partial charge in [-0.2, -0.15) is 13.2 Å². The minimum absolute atomic E-state index is 0.537. The predicted molar refractivity (Wildman–Crippen MR) is 76.6 cm³/mol. The largest absolute Gasteiger partial charge is 0.416 e. The van der Waals surface area contributed by atoms with Crippen LogP contribution in [0.25, 0.3) is 0 Å². The third kappa shape index (κ3) is 4.89. The number of halogens is 3. The van der Waals surface area contributed by atoms with E-state index in [0.29, 0.717) is 24.2 Å². The molecular formula is C15H21F3N2O. The molecule has 1 saturated heterocycles. The summed E-state index contributed by atoms with van der Waals surface area (Å²) in [6, 6.07) is 4.18. The molecule has 1 aliphatic rings. The van der Waals surface area contributed by atoms with Crippen molar-refractivity contribution in [3.05, 3.63) is 29.3 Å². The molecule has 2 rings (SSSR count). The number of hydrogen-bond donors (Lipinski definition) is 1. The van der Waals surface area contributed by atoms with Gasteiger partial charge in [-0.25, -0.2) is 0 Å². The predicted octanol–water partition coefficient (Wildman–Crippen LogP) is 3.01. The van der Waals surface area contributed by atoms with Crippen LogP contribution in [0.5, 0.6) is 0 Å². The average molecular weight is 302 g/mol. The van der Waals surface area contributed by atoms with Crippen molar-refractivity contribution in [3.63, 3.8) is 0 Å². The molecule has 0 amide bonds. The molecule has 0 radical (unpaired) electrons. The van der Waals surface area contributed by atoms with Crippen LogP contribution in [0.4, 0.5) is 18.9 Å². The Hall–Kier alpha value is -1.27. The minimum Gasteiger partial charge on any atom is -0.384 e. The lowest BCUT2D eigenvalue weighted by atomic mass is 10.1. The number of rotatable bonds is 5. The van der Waals surface area contributed by atoms with Crippen LogP contribution in [0.3, 0.4) is 0 Å². The first kappa shape index (κ1) is 16.1. The van der Waals surface area contributed by atoms with Gasteiger partial charge in [0.15, 0.2) is 0 Å². The maximum absolute atomic E-state index is 12.8. The van der Waals surface area contributed by atoms with Crippen molar-refractivity contribution < 1.29 is 17.9 Å². The molecule has 118 valence electrons. The number of aryl methyl sites for hydroxylation is 1. The maximum Gasteiger partial charge on any atom is 0.416 e. The van der Waals surface area contributed by atoms with Crippen LogP contribution in [0.15, 0.2) is 18.2 Å². The van der Waals surface area contributed by atoms with Crippen LogP contribution in [-0.2, 0) is 17.3 Å². The van der Waals surface area contributed by atoms with Gasteiger partial charge in [0.2, 0.25) is 0 Å². The van der Waals surface area contributed by atoms with Crippen molar-refractivity contribution in [1.29, 1.82) is 0 Å². The summed E-state index contributed by atoms with van der Waals surface area (Å²) in [5.74, 6) is 0. The van der Waals surface area contributed by atoms with E-state index < -0.39 is 11.7 Å². The van der Waals surface area contributed by atoms with Crippen LogP contribution in [0.1, 0.15) is 18.1 Å². The Bertz CT molecular complexity index is 457. The van der Waals surface area contributed by atoms with Crippen LogP contribution in [-0.4, -0.2) is 44.3 Å². The smallest absolute Gasteiger partial charge is 0.384 e. The zero-order chi connectivity index (χ0) is 15.3. The number of anilines is 1. The van der Waals surface area contributed by atoms with Crippen molar-refractivity contribution >= 4 is 5.69 Å². The van der Waals surface area contributed by atoms with Gasteiger partial charge in [-0.3, -0.25) is 4.90 Å². The number of ether oxygens (including phenoxy) is 1. The summed E-state index contributed by atoms with van der Waals surface area (Å²) in [5, 5.41) is 3.10. The lowest BCUT2D eigenvalue weighted by Gasteiger charge is -2.26. The number of hydrogen-bond acceptors (Lipinski definition) is 3. The van der Waals surface area contributed by atoms with E-state index >= 15 is 0 Å². The van der Waals surface area contributed by atoms with Crippen molar-refractivity contribution in [2.75, 3.05) is 44.7 Å². The normalized spacial score (nSPS) is 17.0. The van der Waals surface area contributed by atoms with E-state index in [2.05, 4.69) is 10.2 Å². The minimum atomic E-state index is -4.30. The lowest BCUT2D eigenvalue weighted by Crippen LogP contribution is -2.39. The quantitative estimate of drug-likeness (QED) is 0.905. The van der Waals surface area contributed by atoms with Crippen molar-refractivity contribution in [2.45, 2.75) is 19.5 Å². The van der Waals surface area contributed by atoms with Gasteiger partial charge in [-0.05, 0) is 30.2 Å². The van der Waals surface area contributed by atoms with Gasteiger partial charge >= 0.3 is 6.18 Å². The van der Waals surface area contributed by atoms with Gasteiger partial charge in [-0.15, -0.1) is 0 Å². The highest BCUT2D eigenvalue weighted by atomic mass is 19.4. The monoisotopic (exact) mass is 302 g/mol. The van der Waals surface area contributed by atoms with Crippen molar-refractivity contribution in [3.8, 4) is 0 Å². The first-order valence-electron chi connectivity index (χ1n) is 7.24. The van der Waals surface area contributed by atoms with E-state index in [-0.39, 0.29) is 0 Å². The van der Waals surface area contributed by atoms with Crippen LogP contribution in [0.2, 0.25) is 0 Å². The first-order chi connectivity index (χ1) is 9.99. The van der Waals surface area contributed by atoms with E-state index in [9.17, 15) is 13.2 Å². The van der Waals surface area contributed by atoms with Crippen molar-refractivity contribution in [2.24, 2.45) is 0 Å². The second-order valence-electron chi connectivity index (χ2n) is 5.15. The molecule has 0 atom stereocenters. The number of nitrogens with zero attached hydrogens (tertiary/aromatic N) is 1. The molecule has 1 aromatic carbocycles. The summed E-state index contributed by atoms with van der Waals surface area (Å²) in [4.78, 5) is 2.24. The Morgan fingerprint density at radius 1 is 1.19 bits per heavy atom. The van der Waals surface area contributed by atoms with E-state index in [0.717, 1.165) is 32.8 Å². The third-order valence-corrected chi connectivity index (χ3v) is 3.59. The van der Waals surface area contributed by atoms with E-state index in [1.807, 2.05) is 6.92 Å². The fraction of sp³-hybridized carbons (Fsp3) is 0.600. The summed E-state index contributed by atoms with van der Waals surface area (Å²) in [6.07, 6.45) is -3.71. The first-order valence-corrected chi connectivity index (χ1v) is 7.24. The molecule has 0 unspecified atom stereocenters. The molecule has 6 heteroatoms. The Kier molecular flexibility index (Phi) is 5.47. The molecule has 1 aliphatic heterocycles. The highest BCUT2D eigenvalue weighted by Gasteiger charge is 2.31. The van der Waals surface area contributed by atoms with Crippen LogP contribution >= 0.6 is 0 Å². The molecule has 0 aliphatic carbocycles. The Morgan fingerprint density at radius 3 is 2.52 bits per heavy atom. The van der Waals surface area contributed by atoms with Gasteiger partial charge in [0.25, 0.3) is 0 Å². The zero-order valence-electron chi connectivity index (χ0n) is 12.2. The molecule has 1 N–H and O–H groups in total. The number of alkyl halides is 3. The number of morpholine rings is 1. The summed E-state index contributed by atoms with van der Waals surface area (Å²) in [7, 11) is 0. The Balaban J connectivity index is 1.95. The van der Waals surface area contributed by atoms with E-state index in [4.69, 9.17) is 4.74 Å². The highest BCUT2D eigenvalue weighted by Crippen LogP contribution is 2.32. The van der Waals surface area contributed by atoms with Crippen LogP contribution < -0.4 is 5.32 Å². The van der Waals surface area contributed by atoms with Gasteiger partial charge in [0.05, 0.1) is 18.8 Å². The number of benzene rings is 1. The molecule has 1 fully saturated rings. The molecule has 0 bridgehead atoms. The molecule has 3 nitrogen and oxygen atoms in total. The topological polar surface area (TPSA) is 24.5 Å². The standard InChI is InChI=1S/C15H21F3N2O/c1-2-12-9-13(15(16,17)18)11-14(10-12)19-3-4-20-5-7-21-8-6-20/h9-11,19H,2-8H2,1H3. The summed E-state index contributed by atoms with van der Waals surface area (Å²) in [5.41, 5.74) is 0.643. The molecule has 0 spiro atoms. The van der Waals surface area contributed by atoms with Gasteiger partial charge < -0.3 is 10.1 Å². The molecule has 0 saturated carbocycles. The SMILES string of the molecule is CCc1cc(NCCN2CCOCC2)cc(C(F)(F)F)c1. The molecule has 1 heterocycles. The van der Waals surface area contributed by atoms with Gasteiger partial charge in [0, 0.05) is 31.9 Å². The zero-order valence-corrected chi connectivity index (χ0v) is 12.2. The van der Waals surface area contributed by atoms with Gasteiger partial charge in [0.1, 0.15) is 0 Å². The second-order valence-corrected chi connectivity index (χ2v) is 5.15. The summed E-state index contributed by atoms with van der Waals surface area (Å²) < 4.78 is 43.8. The Labute approximate surface area is 123 Å². The maximum atomic E-state index is 12.8. The molecular weight excluding hydrogens is 281 g/mol. The van der Waals surface area contributed by atoms with Crippen molar-refractivity contribution in [1.82, 2.24) is 4.90 Å². The van der Waals surface area contributed by atoms with E-state index in [1.54, 1.807) is 6.07 Å². The van der Waals surface area contributed by atoms with Gasteiger partial charge in [-0.1, -0.05) is 6.92 Å². The summed E-state index contributed by atoms with van der Waals surface area (Å²) >= 11 is 0. The molecule has 1 aromatic rings. The average Bonchev–Trinajstić information content (AvgIpc) is 2.47. The lowest BCUT2D eigenvalue weighted by molar-refractivity contribution is -0.137. The van der Waals surface area contributed by atoms with Crippen LogP contribution in [0, 0.1) is 0 Å². The summed E-state index contributed by atoms with van der Waals surface area (Å²) in [6.45, 7) is 6.50. The fourth-order valence-electron chi connectivity index (χ4n) is 2.34. The Morgan fingerprint density at radius 2 is 1.90 bits per heavy atom.